The molecule has 0 bridgehead atoms. The number of carbonyl (C=O) groups excluding carboxylic acids is 1. The topological polar surface area (TPSA) is 56.2 Å². The van der Waals surface area contributed by atoms with Crippen molar-refractivity contribution >= 4 is 11.9 Å². The Labute approximate surface area is 181 Å². The molecular weight excluding hydrogens is 370 g/mol. The Morgan fingerprint density at radius 1 is 1.00 bits per heavy atom. The lowest BCUT2D eigenvalue weighted by molar-refractivity contribution is -0.131. The summed E-state index contributed by atoms with van der Waals surface area (Å²) in [5.41, 5.74) is 4.00. The third kappa shape index (κ3) is 4.58. The summed E-state index contributed by atoms with van der Waals surface area (Å²) in [4.78, 5) is 14.6. The maximum absolute atomic E-state index is 13.0. The summed E-state index contributed by atoms with van der Waals surface area (Å²) in [5.74, 6) is 1.70. The molecule has 2 aromatic carbocycles. The van der Waals surface area contributed by atoms with E-state index in [0.29, 0.717) is 30.7 Å². The molecule has 1 aliphatic heterocycles. The molecule has 2 N–H and O–H groups in total. The van der Waals surface area contributed by atoms with Gasteiger partial charge in [0.2, 0.25) is 0 Å². The minimum Gasteiger partial charge on any atom is -0.342 e. The number of benzene rings is 2. The highest BCUT2D eigenvalue weighted by Crippen LogP contribution is 2.29. The molecule has 0 saturated carbocycles. The van der Waals surface area contributed by atoms with E-state index in [1.807, 2.05) is 19.1 Å². The summed E-state index contributed by atoms with van der Waals surface area (Å²) < 4.78 is 0. The first kappa shape index (κ1) is 22.1. The van der Waals surface area contributed by atoms with Crippen LogP contribution in [0.5, 0.6) is 0 Å². The first-order valence-corrected chi connectivity index (χ1v) is 11.0. The quantitative estimate of drug-likeness (QED) is 0.613. The highest BCUT2D eigenvalue weighted by atomic mass is 16.2. The number of hydrogen-bond donors (Lipinski definition) is 2. The largest absolute Gasteiger partial charge is 0.342 e. The van der Waals surface area contributed by atoms with Crippen LogP contribution in [-0.4, -0.2) is 22.3 Å². The molecule has 1 amide bonds. The summed E-state index contributed by atoms with van der Waals surface area (Å²) in [5, 5.41) is 11.4. The molecule has 1 aliphatic rings. The maximum atomic E-state index is 13.0. The molecule has 0 aliphatic carbocycles. The Morgan fingerprint density at radius 3 is 2.27 bits per heavy atom. The van der Waals surface area contributed by atoms with Crippen LogP contribution in [0.4, 0.5) is 0 Å². The first-order chi connectivity index (χ1) is 14.1. The van der Waals surface area contributed by atoms with Crippen molar-refractivity contribution in [2.24, 2.45) is 11.8 Å². The van der Waals surface area contributed by atoms with Gasteiger partial charge in [-0.3, -0.25) is 15.1 Å². The van der Waals surface area contributed by atoms with E-state index in [1.165, 1.54) is 11.1 Å². The highest BCUT2D eigenvalue weighted by molar-refractivity contribution is 6.07. The average molecular weight is 406 g/mol. The van der Waals surface area contributed by atoms with Crippen molar-refractivity contribution in [3.63, 3.8) is 0 Å². The molecule has 0 spiro atoms. The molecule has 0 aromatic heterocycles. The van der Waals surface area contributed by atoms with Gasteiger partial charge in [0.05, 0.1) is 6.54 Å². The van der Waals surface area contributed by atoms with Crippen LogP contribution in [0.15, 0.2) is 48.5 Å². The van der Waals surface area contributed by atoms with Crippen LogP contribution >= 0.6 is 0 Å². The van der Waals surface area contributed by atoms with E-state index < -0.39 is 5.54 Å². The molecule has 0 radical (unpaired) electrons. The molecule has 2 atom stereocenters. The minimum atomic E-state index is -0.689. The predicted molar refractivity (Wildman–Crippen MR) is 124 cm³/mol. The number of rotatable bonds is 7. The second-order valence-electron chi connectivity index (χ2n) is 9.65. The monoisotopic (exact) mass is 405 g/mol. The molecule has 30 heavy (non-hydrogen) atoms. The van der Waals surface area contributed by atoms with Crippen molar-refractivity contribution in [1.82, 2.24) is 10.2 Å². The van der Waals surface area contributed by atoms with Gasteiger partial charge in [-0.05, 0) is 59.4 Å². The normalized spacial score (nSPS) is 20.2. The predicted octanol–water partition coefficient (Wildman–Crippen LogP) is 5.78. The summed E-state index contributed by atoms with van der Waals surface area (Å²) >= 11 is 0. The van der Waals surface area contributed by atoms with Gasteiger partial charge < -0.3 is 5.32 Å². The van der Waals surface area contributed by atoms with Crippen molar-refractivity contribution in [1.29, 1.82) is 5.41 Å². The highest BCUT2D eigenvalue weighted by Gasteiger charge is 2.45. The molecule has 4 heteroatoms. The summed E-state index contributed by atoms with van der Waals surface area (Å²) in [6, 6.07) is 17.1. The van der Waals surface area contributed by atoms with Gasteiger partial charge in [0.15, 0.2) is 5.96 Å². The molecular formula is C26H35N3O. The van der Waals surface area contributed by atoms with Crippen molar-refractivity contribution in [2.45, 2.75) is 66.0 Å². The van der Waals surface area contributed by atoms with Crippen LogP contribution < -0.4 is 5.32 Å². The van der Waals surface area contributed by atoms with Gasteiger partial charge in [0.25, 0.3) is 5.91 Å². The standard InChI is InChI=1S/C26H35N3O/c1-17(2)15-26(6)24(30)29(25(27)28-26)16-20-8-7-9-23(14-20)22-12-10-21(11-13-22)19(5)18(3)4/h7-14,17-19H,15-16H2,1-6H3,(H2,27,28). The van der Waals surface area contributed by atoms with E-state index in [1.54, 1.807) is 4.90 Å². The zero-order valence-corrected chi connectivity index (χ0v) is 19.1. The Morgan fingerprint density at radius 2 is 1.67 bits per heavy atom. The third-order valence-electron chi connectivity index (χ3n) is 6.24. The lowest BCUT2D eigenvalue weighted by Crippen LogP contribution is -2.44. The number of guanidine groups is 1. The Balaban J connectivity index is 1.78. The van der Waals surface area contributed by atoms with E-state index in [4.69, 9.17) is 5.41 Å². The second-order valence-corrected chi connectivity index (χ2v) is 9.65. The van der Waals surface area contributed by atoms with Crippen LogP contribution in [0, 0.1) is 17.2 Å². The number of carbonyl (C=O) groups is 1. The van der Waals surface area contributed by atoms with Crippen molar-refractivity contribution in [3.8, 4) is 11.1 Å². The number of nitrogens with zero attached hydrogens (tertiary/aromatic N) is 1. The Kier molecular flexibility index (Phi) is 6.35. The van der Waals surface area contributed by atoms with Crippen molar-refractivity contribution in [3.05, 3.63) is 59.7 Å². The average Bonchev–Trinajstić information content (AvgIpc) is 2.90. The molecule has 4 nitrogen and oxygen atoms in total. The molecule has 160 valence electrons. The lowest BCUT2D eigenvalue weighted by Gasteiger charge is -2.24. The summed E-state index contributed by atoms with van der Waals surface area (Å²) in [7, 11) is 0. The van der Waals surface area contributed by atoms with E-state index in [2.05, 4.69) is 76.3 Å². The first-order valence-electron chi connectivity index (χ1n) is 11.0. The molecule has 2 unspecified atom stereocenters. The molecule has 1 heterocycles. The molecule has 1 saturated heterocycles. The maximum Gasteiger partial charge on any atom is 0.255 e. The molecule has 2 aromatic rings. The van der Waals surface area contributed by atoms with E-state index in [9.17, 15) is 4.79 Å². The Bertz CT molecular complexity index is 916. The number of amides is 1. The number of hydrogen-bond acceptors (Lipinski definition) is 2. The van der Waals surface area contributed by atoms with Gasteiger partial charge in [0.1, 0.15) is 5.54 Å². The lowest BCUT2D eigenvalue weighted by atomic mass is 9.89. The van der Waals surface area contributed by atoms with Crippen molar-refractivity contribution < 1.29 is 4.79 Å². The van der Waals surface area contributed by atoms with Crippen LogP contribution in [0.3, 0.4) is 0 Å². The van der Waals surface area contributed by atoms with Crippen LogP contribution in [0.25, 0.3) is 11.1 Å². The van der Waals surface area contributed by atoms with Crippen LogP contribution in [0.1, 0.15) is 65.0 Å². The third-order valence-corrected chi connectivity index (χ3v) is 6.24. The van der Waals surface area contributed by atoms with Crippen molar-refractivity contribution in [2.75, 3.05) is 0 Å². The zero-order chi connectivity index (χ0) is 22.1. The van der Waals surface area contributed by atoms with Crippen LogP contribution in [0.2, 0.25) is 0 Å². The minimum absolute atomic E-state index is 0.0152. The smallest absolute Gasteiger partial charge is 0.255 e. The summed E-state index contributed by atoms with van der Waals surface area (Å²) in [6.07, 6.45) is 0.714. The number of nitrogens with one attached hydrogen (secondary N) is 2. The fourth-order valence-corrected chi connectivity index (χ4v) is 4.28. The van der Waals surface area contributed by atoms with Gasteiger partial charge >= 0.3 is 0 Å². The van der Waals surface area contributed by atoms with Crippen LogP contribution in [-0.2, 0) is 11.3 Å². The van der Waals surface area contributed by atoms with E-state index >= 15 is 0 Å². The molecule has 3 rings (SSSR count). The van der Waals surface area contributed by atoms with E-state index in [0.717, 1.165) is 11.1 Å². The van der Waals surface area contributed by atoms with Gasteiger partial charge in [-0.2, -0.15) is 0 Å². The fraction of sp³-hybridized carbons (Fsp3) is 0.462. The fourth-order valence-electron chi connectivity index (χ4n) is 4.28. The second kappa shape index (κ2) is 8.63. The van der Waals surface area contributed by atoms with E-state index in [-0.39, 0.29) is 11.9 Å². The van der Waals surface area contributed by atoms with Gasteiger partial charge in [-0.1, -0.05) is 77.1 Å². The Hall–Kier alpha value is -2.62. The summed E-state index contributed by atoms with van der Waals surface area (Å²) in [6.45, 7) is 13.3. The molecule has 1 fully saturated rings. The van der Waals surface area contributed by atoms with Gasteiger partial charge in [-0.25, -0.2) is 0 Å². The zero-order valence-electron chi connectivity index (χ0n) is 19.1. The van der Waals surface area contributed by atoms with Gasteiger partial charge in [0, 0.05) is 0 Å². The SMILES string of the molecule is CC(C)CC1(C)NC(=N)N(Cc2cccc(-c3ccc(C(C)C(C)C)cc3)c2)C1=O. The van der Waals surface area contributed by atoms with Gasteiger partial charge in [-0.15, -0.1) is 0 Å².